The summed E-state index contributed by atoms with van der Waals surface area (Å²) in [6.07, 6.45) is -0.328. The minimum atomic E-state index is -4.39. The Balaban J connectivity index is 2.04. The normalized spacial score (nSPS) is 19.9. The van der Waals surface area contributed by atoms with Gasteiger partial charge >= 0.3 is 6.18 Å². The van der Waals surface area contributed by atoms with Gasteiger partial charge in [-0.05, 0) is 57.2 Å². The zero-order valence-corrected chi connectivity index (χ0v) is 18.6. The summed E-state index contributed by atoms with van der Waals surface area (Å²) in [5.41, 5.74) is -0.252. The highest BCUT2D eigenvalue weighted by molar-refractivity contribution is 5.86. The maximum atomic E-state index is 13.0. The fourth-order valence-corrected chi connectivity index (χ4v) is 3.41. The molecule has 0 spiro atoms. The van der Waals surface area contributed by atoms with Crippen molar-refractivity contribution in [1.29, 1.82) is 0 Å². The van der Waals surface area contributed by atoms with Gasteiger partial charge in [-0.1, -0.05) is 12.1 Å². The first-order valence-electron chi connectivity index (χ1n) is 10.6. The average Bonchev–Trinajstić information content (AvgIpc) is 2.70. The molecule has 0 heterocycles. The first kappa shape index (κ1) is 25.0. The summed E-state index contributed by atoms with van der Waals surface area (Å²) in [6.45, 7) is 4.16. The van der Waals surface area contributed by atoms with Gasteiger partial charge in [-0.3, -0.25) is 4.79 Å². The standard InChI is InChI=1S/C22H33F3N4O2/c1-15(2)31-19-10-8-18(9-11-19)28-21(27-14-20(30)29(3)4)26-13-16-6-5-7-17(12-16)22(23,24)25/h5-7,12,15,18-19H,8-11,13-14H2,1-4H3,(H2,26,27,28). The van der Waals surface area contributed by atoms with Crippen LogP contribution in [-0.2, 0) is 22.3 Å². The molecule has 9 heteroatoms. The minimum Gasteiger partial charge on any atom is -0.376 e. The molecular weight excluding hydrogens is 409 g/mol. The van der Waals surface area contributed by atoms with Gasteiger partial charge in [0, 0.05) is 20.1 Å². The van der Waals surface area contributed by atoms with Crippen LogP contribution in [0.4, 0.5) is 13.2 Å². The molecule has 0 atom stereocenters. The lowest BCUT2D eigenvalue weighted by atomic mass is 9.93. The Kier molecular flexibility index (Phi) is 9.15. The average molecular weight is 443 g/mol. The van der Waals surface area contributed by atoms with E-state index in [-0.39, 0.29) is 37.2 Å². The number of alkyl halides is 3. The van der Waals surface area contributed by atoms with Crippen molar-refractivity contribution in [2.75, 3.05) is 20.6 Å². The second-order valence-corrected chi connectivity index (χ2v) is 8.31. The fraction of sp³-hybridized carbons (Fsp3) is 0.636. The lowest BCUT2D eigenvalue weighted by molar-refractivity contribution is -0.137. The number of nitrogens with zero attached hydrogens (tertiary/aromatic N) is 2. The molecule has 0 saturated heterocycles. The molecule has 174 valence electrons. The van der Waals surface area contributed by atoms with Crippen molar-refractivity contribution in [1.82, 2.24) is 15.5 Å². The number of carbonyl (C=O) groups excluding carboxylic acids is 1. The molecule has 1 aliphatic carbocycles. The molecule has 1 aliphatic rings. The van der Waals surface area contributed by atoms with Gasteiger partial charge < -0.3 is 20.3 Å². The van der Waals surface area contributed by atoms with Crippen molar-refractivity contribution in [2.24, 2.45) is 4.99 Å². The predicted octanol–water partition coefficient (Wildman–Crippen LogP) is 3.57. The van der Waals surface area contributed by atoms with Gasteiger partial charge in [0.15, 0.2) is 5.96 Å². The summed E-state index contributed by atoms with van der Waals surface area (Å²) >= 11 is 0. The predicted molar refractivity (Wildman–Crippen MR) is 115 cm³/mol. The summed E-state index contributed by atoms with van der Waals surface area (Å²) in [4.78, 5) is 17.9. The van der Waals surface area contributed by atoms with Crippen molar-refractivity contribution in [2.45, 2.75) is 70.5 Å². The van der Waals surface area contributed by atoms with Gasteiger partial charge in [0.05, 0.1) is 30.9 Å². The fourth-order valence-electron chi connectivity index (χ4n) is 3.41. The third-order valence-corrected chi connectivity index (χ3v) is 5.06. The van der Waals surface area contributed by atoms with Crippen LogP contribution in [0.1, 0.15) is 50.7 Å². The molecule has 0 radical (unpaired) electrons. The van der Waals surface area contributed by atoms with E-state index in [1.807, 2.05) is 13.8 Å². The Bertz CT molecular complexity index is 743. The molecule has 0 aromatic heterocycles. The third kappa shape index (κ3) is 8.77. The number of likely N-dealkylation sites (N-methyl/N-ethyl adjacent to an activating group) is 1. The topological polar surface area (TPSA) is 66.0 Å². The molecule has 1 aromatic rings. The minimum absolute atomic E-state index is 0.0488. The van der Waals surface area contributed by atoms with Crippen LogP contribution in [0.15, 0.2) is 29.3 Å². The molecular formula is C22H33F3N4O2. The summed E-state index contributed by atoms with van der Waals surface area (Å²) in [5.74, 6) is 0.295. The van der Waals surface area contributed by atoms with Crippen LogP contribution in [0.2, 0.25) is 0 Å². The van der Waals surface area contributed by atoms with Gasteiger partial charge in [0.1, 0.15) is 0 Å². The number of benzene rings is 1. The highest BCUT2D eigenvalue weighted by Crippen LogP contribution is 2.29. The summed E-state index contributed by atoms with van der Waals surface area (Å²) in [5, 5.41) is 6.33. The first-order valence-corrected chi connectivity index (χ1v) is 10.6. The number of carbonyl (C=O) groups is 1. The Morgan fingerprint density at radius 2 is 1.90 bits per heavy atom. The van der Waals surface area contributed by atoms with Crippen LogP contribution in [0.25, 0.3) is 0 Å². The highest BCUT2D eigenvalue weighted by Gasteiger charge is 2.30. The molecule has 1 aromatic carbocycles. The van der Waals surface area contributed by atoms with E-state index in [4.69, 9.17) is 4.74 Å². The quantitative estimate of drug-likeness (QED) is 0.501. The number of nitrogens with one attached hydrogen (secondary N) is 2. The van der Waals surface area contributed by atoms with Gasteiger partial charge in [-0.15, -0.1) is 0 Å². The second kappa shape index (κ2) is 11.4. The summed E-state index contributed by atoms with van der Waals surface area (Å²) in [6, 6.07) is 5.28. The molecule has 0 aliphatic heterocycles. The van der Waals surface area contributed by atoms with E-state index in [2.05, 4.69) is 15.6 Å². The molecule has 2 rings (SSSR count). The zero-order valence-electron chi connectivity index (χ0n) is 18.6. The first-order chi connectivity index (χ1) is 14.5. The van der Waals surface area contributed by atoms with Crippen LogP contribution in [0.3, 0.4) is 0 Å². The van der Waals surface area contributed by atoms with E-state index >= 15 is 0 Å². The molecule has 6 nitrogen and oxygen atoms in total. The maximum Gasteiger partial charge on any atom is 0.416 e. The van der Waals surface area contributed by atoms with Crippen LogP contribution in [-0.4, -0.2) is 55.7 Å². The molecule has 31 heavy (non-hydrogen) atoms. The lowest BCUT2D eigenvalue weighted by Crippen LogP contribution is -2.48. The van der Waals surface area contributed by atoms with Crippen molar-refractivity contribution < 1.29 is 22.7 Å². The Morgan fingerprint density at radius 3 is 2.48 bits per heavy atom. The molecule has 1 saturated carbocycles. The number of halogens is 3. The number of hydrogen-bond donors (Lipinski definition) is 2. The SMILES string of the molecule is CC(C)OC1CCC(NC(=NCc2cccc(C(F)(F)F)c2)NCC(=O)N(C)C)CC1. The number of ether oxygens (including phenoxy) is 1. The molecule has 1 fully saturated rings. The summed E-state index contributed by atoms with van der Waals surface area (Å²) < 4.78 is 44.8. The van der Waals surface area contributed by atoms with E-state index in [9.17, 15) is 18.0 Å². The second-order valence-electron chi connectivity index (χ2n) is 8.31. The monoisotopic (exact) mass is 442 g/mol. The Hall–Kier alpha value is -2.29. The lowest BCUT2D eigenvalue weighted by Gasteiger charge is -2.31. The van der Waals surface area contributed by atoms with Crippen molar-refractivity contribution >= 4 is 11.9 Å². The molecule has 0 unspecified atom stereocenters. The Labute approximate surface area is 182 Å². The Morgan fingerprint density at radius 1 is 1.23 bits per heavy atom. The largest absolute Gasteiger partial charge is 0.416 e. The van der Waals surface area contributed by atoms with Crippen LogP contribution in [0.5, 0.6) is 0 Å². The molecule has 0 bridgehead atoms. The smallest absolute Gasteiger partial charge is 0.376 e. The zero-order chi connectivity index (χ0) is 23.0. The van der Waals surface area contributed by atoms with Crippen molar-refractivity contribution in [3.05, 3.63) is 35.4 Å². The highest BCUT2D eigenvalue weighted by atomic mass is 19.4. The van der Waals surface area contributed by atoms with Crippen molar-refractivity contribution in [3.8, 4) is 0 Å². The van der Waals surface area contributed by atoms with Crippen molar-refractivity contribution in [3.63, 3.8) is 0 Å². The van der Waals surface area contributed by atoms with Gasteiger partial charge in [0.25, 0.3) is 0 Å². The van der Waals surface area contributed by atoms with E-state index in [0.717, 1.165) is 37.8 Å². The number of guanidine groups is 1. The number of amides is 1. The van der Waals surface area contributed by atoms with E-state index in [1.165, 1.54) is 11.0 Å². The van der Waals surface area contributed by atoms with Gasteiger partial charge in [-0.2, -0.15) is 13.2 Å². The van der Waals surface area contributed by atoms with Gasteiger partial charge in [-0.25, -0.2) is 4.99 Å². The van der Waals surface area contributed by atoms with Crippen LogP contribution >= 0.6 is 0 Å². The van der Waals surface area contributed by atoms with Crippen LogP contribution < -0.4 is 10.6 Å². The van der Waals surface area contributed by atoms with Crippen LogP contribution in [0, 0.1) is 0 Å². The number of aliphatic imine (C=N–C) groups is 1. The molecule has 2 N–H and O–H groups in total. The summed E-state index contributed by atoms with van der Waals surface area (Å²) in [7, 11) is 3.32. The van der Waals surface area contributed by atoms with Gasteiger partial charge in [0.2, 0.25) is 5.91 Å². The van der Waals surface area contributed by atoms with E-state index in [1.54, 1.807) is 20.2 Å². The number of hydrogen-bond acceptors (Lipinski definition) is 3. The maximum absolute atomic E-state index is 13.0. The van der Waals surface area contributed by atoms with E-state index < -0.39 is 11.7 Å². The van der Waals surface area contributed by atoms with E-state index in [0.29, 0.717) is 11.5 Å². The number of rotatable bonds is 7. The molecule has 1 amide bonds. The third-order valence-electron chi connectivity index (χ3n) is 5.06.